The summed E-state index contributed by atoms with van der Waals surface area (Å²) in [5.74, 6) is -0.990. The maximum absolute atomic E-state index is 10.4. The minimum atomic E-state index is -0.990. The predicted molar refractivity (Wildman–Crippen MR) is 45.4 cm³/mol. The maximum Gasteiger partial charge on any atom is 0.332 e. The summed E-state index contributed by atoms with van der Waals surface area (Å²) in [7, 11) is 1.00. The largest absolute Gasteiger partial charge is 0.479 e. The fraction of sp³-hybridized carbons (Fsp3) is 0.875. The van der Waals surface area contributed by atoms with Gasteiger partial charge in [0.05, 0.1) is 12.2 Å². The lowest BCUT2D eigenvalue weighted by atomic mass is 10.0. The lowest BCUT2D eigenvalue weighted by Crippen LogP contribution is -2.38. The van der Waals surface area contributed by atoms with Crippen molar-refractivity contribution >= 4 is 5.97 Å². The maximum atomic E-state index is 10.4. The number of carboxylic acids is 1. The molecular formula is C8H16O5. The number of aliphatic carboxylic acids is 1. The molecule has 0 amide bonds. The number of hydrogen-bond donors (Lipinski definition) is 3. The zero-order valence-electron chi connectivity index (χ0n) is 7.80. The Hall–Kier alpha value is -0.650. The number of rotatable bonds is 1. The first-order valence-corrected chi connectivity index (χ1v) is 4.10. The van der Waals surface area contributed by atoms with E-state index in [1.165, 1.54) is 0 Å². The highest BCUT2D eigenvalue weighted by Crippen LogP contribution is 2.18. The molecule has 0 aromatic carbocycles. The molecule has 1 fully saturated rings. The summed E-state index contributed by atoms with van der Waals surface area (Å²) in [6.07, 6.45) is -0.767. The smallest absolute Gasteiger partial charge is 0.332 e. The monoisotopic (exact) mass is 192 g/mol. The highest BCUT2D eigenvalue weighted by atomic mass is 16.5. The van der Waals surface area contributed by atoms with Gasteiger partial charge in [-0.05, 0) is 13.3 Å². The highest BCUT2D eigenvalue weighted by molar-refractivity contribution is 5.72. The molecule has 0 aromatic heterocycles. The molecule has 1 saturated heterocycles. The third-order valence-corrected chi connectivity index (χ3v) is 1.76. The molecule has 1 aliphatic rings. The fourth-order valence-corrected chi connectivity index (χ4v) is 1.28. The molecular weight excluding hydrogens is 176 g/mol. The Kier molecular flexibility index (Phi) is 5.61. The lowest BCUT2D eigenvalue weighted by Gasteiger charge is -2.28. The van der Waals surface area contributed by atoms with E-state index in [0.717, 1.165) is 7.11 Å². The van der Waals surface area contributed by atoms with E-state index in [1.807, 2.05) is 0 Å². The van der Waals surface area contributed by atoms with Gasteiger partial charge in [0.15, 0.2) is 6.10 Å². The minimum absolute atomic E-state index is 0.153. The predicted octanol–water partition coefficient (Wildman–Crippen LogP) is -0.392. The highest BCUT2D eigenvalue weighted by Gasteiger charge is 2.30. The van der Waals surface area contributed by atoms with Crippen LogP contribution in [0.3, 0.4) is 0 Å². The van der Waals surface area contributed by atoms with Crippen molar-refractivity contribution in [3.8, 4) is 0 Å². The van der Waals surface area contributed by atoms with Gasteiger partial charge < -0.3 is 20.1 Å². The number of ether oxygens (including phenoxy) is 1. The molecule has 3 N–H and O–H groups in total. The van der Waals surface area contributed by atoms with Gasteiger partial charge in [-0.3, -0.25) is 0 Å². The summed E-state index contributed by atoms with van der Waals surface area (Å²) in [5, 5.41) is 24.7. The number of aliphatic hydroxyl groups is 2. The van der Waals surface area contributed by atoms with Crippen LogP contribution >= 0.6 is 0 Å². The average Bonchev–Trinajstić information content (AvgIpc) is 2.06. The van der Waals surface area contributed by atoms with E-state index in [9.17, 15) is 4.79 Å². The van der Waals surface area contributed by atoms with Crippen LogP contribution in [0.1, 0.15) is 19.8 Å². The van der Waals surface area contributed by atoms with Crippen LogP contribution in [0.15, 0.2) is 0 Å². The third kappa shape index (κ3) is 4.21. The standard InChI is InChI=1S/C7H12O4.CH4O/c1-4-2-5(8)3-6(11-4)7(9)10;1-2/h4-6,8H,2-3H2,1H3,(H,9,10);2H,1H3/t4-,5+,6-;/m0./s1. The molecule has 0 spiro atoms. The zero-order chi connectivity index (χ0) is 10.4. The summed E-state index contributed by atoms with van der Waals surface area (Å²) < 4.78 is 5.06. The quantitative estimate of drug-likeness (QED) is 0.526. The average molecular weight is 192 g/mol. The van der Waals surface area contributed by atoms with E-state index in [2.05, 4.69) is 0 Å². The first-order chi connectivity index (χ1) is 6.09. The van der Waals surface area contributed by atoms with Crippen molar-refractivity contribution < 1.29 is 24.9 Å². The van der Waals surface area contributed by atoms with Crippen molar-refractivity contribution in [1.29, 1.82) is 0 Å². The SMILES string of the molecule is CO.C[C@H]1C[C@@H](O)C[C@@H](C(=O)O)O1. The Bertz CT molecular complexity index is 149. The molecule has 0 aromatic rings. The molecule has 1 rings (SSSR count). The van der Waals surface area contributed by atoms with Gasteiger partial charge in [0, 0.05) is 13.5 Å². The van der Waals surface area contributed by atoms with E-state index in [0.29, 0.717) is 6.42 Å². The fourth-order valence-electron chi connectivity index (χ4n) is 1.28. The molecule has 3 atom stereocenters. The van der Waals surface area contributed by atoms with Crippen LogP contribution in [0, 0.1) is 0 Å². The van der Waals surface area contributed by atoms with Crippen molar-refractivity contribution in [1.82, 2.24) is 0 Å². The summed E-state index contributed by atoms with van der Waals surface area (Å²) in [5.41, 5.74) is 0. The van der Waals surface area contributed by atoms with Crippen LogP contribution in [0.5, 0.6) is 0 Å². The Morgan fingerprint density at radius 3 is 2.31 bits per heavy atom. The number of carbonyl (C=O) groups is 1. The molecule has 0 saturated carbocycles. The van der Waals surface area contributed by atoms with Crippen molar-refractivity contribution in [2.24, 2.45) is 0 Å². The normalized spacial score (nSPS) is 33.1. The Morgan fingerprint density at radius 2 is 1.92 bits per heavy atom. The van der Waals surface area contributed by atoms with Crippen molar-refractivity contribution in [3.05, 3.63) is 0 Å². The second-order valence-electron chi connectivity index (χ2n) is 2.90. The van der Waals surface area contributed by atoms with Crippen molar-refractivity contribution in [2.45, 2.75) is 38.1 Å². The first-order valence-electron chi connectivity index (χ1n) is 4.10. The summed E-state index contributed by atoms with van der Waals surface area (Å²) in [6, 6.07) is 0. The Labute approximate surface area is 77.0 Å². The second kappa shape index (κ2) is 5.90. The van der Waals surface area contributed by atoms with Crippen molar-refractivity contribution in [2.75, 3.05) is 7.11 Å². The van der Waals surface area contributed by atoms with Crippen LogP contribution in [-0.2, 0) is 9.53 Å². The van der Waals surface area contributed by atoms with Crippen LogP contribution in [-0.4, -0.2) is 46.7 Å². The van der Waals surface area contributed by atoms with E-state index >= 15 is 0 Å². The summed E-state index contributed by atoms with van der Waals surface area (Å²) >= 11 is 0. The van der Waals surface area contributed by atoms with Gasteiger partial charge in [0.25, 0.3) is 0 Å². The molecule has 5 nitrogen and oxygen atoms in total. The van der Waals surface area contributed by atoms with Gasteiger partial charge in [-0.15, -0.1) is 0 Å². The van der Waals surface area contributed by atoms with Gasteiger partial charge in [0.2, 0.25) is 0 Å². The van der Waals surface area contributed by atoms with E-state index < -0.39 is 18.2 Å². The zero-order valence-corrected chi connectivity index (χ0v) is 7.80. The van der Waals surface area contributed by atoms with Crippen LogP contribution in [0.2, 0.25) is 0 Å². The number of carboxylic acid groups (broad SMARTS) is 1. The molecule has 1 heterocycles. The molecule has 0 unspecified atom stereocenters. The van der Waals surface area contributed by atoms with Gasteiger partial charge in [0.1, 0.15) is 0 Å². The molecule has 0 radical (unpaired) electrons. The molecule has 78 valence electrons. The minimum Gasteiger partial charge on any atom is -0.479 e. The summed E-state index contributed by atoms with van der Waals surface area (Å²) in [6.45, 7) is 1.76. The number of aliphatic hydroxyl groups excluding tert-OH is 2. The summed E-state index contributed by atoms with van der Waals surface area (Å²) in [4.78, 5) is 10.4. The second-order valence-corrected chi connectivity index (χ2v) is 2.90. The first kappa shape index (κ1) is 12.3. The molecule has 0 aliphatic carbocycles. The lowest BCUT2D eigenvalue weighted by molar-refractivity contribution is -0.164. The van der Waals surface area contributed by atoms with Crippen molar-refractivity contribution in [3.63, 3.8) is 0 Å². The topological polar surface area (TPSA) is 87.0 Å². The van der Waals surface area contributed by atoms with E-state index in [1.54, 1.807) is 6.92 Å². The van der Waals surface area contributed by atoms with Gasteiger partial charge >= 0.3 is 5.97 Å². The molecule has 5 heteroatoms. The van der Waals surface area contributed by atoms with E-state index in [4.69, 9.17) is 20.1 Å². The molecule has 1 aliphatic heterocycles. The Morgan fingerprint density at radius 1 is 1.38 bits per heavy atom. The third-order valence-electron chi connectivity index (χ3n) is 1.76. The van der Waals surface area contributed by atoms with E-state index in [-0.39, 0.29) is 12.5 Å². The molecule has 0 bridgehead atoms. The van der Waals surface area contributed by atoms with Crippen LogP contribution in [0.4, 0.5) is 0 Å². The number of hydrogen-bond acceptors (Lipinski definition) is 4. The van der Waals surface area contributed by atoms with Crippen LogP contribution in [0.25, 0.3) is 0 Å². The van der Waals surface area contributed by atoms with Gasteiger partial charge in [-0.1, -0.05) is 0 Å². The Balaban J connectivity index is 0.000000671. The van der Waals surface area contributed by atoms with Crippen LogP contribution < -0.4 is 0 Å². The van der Waals surface area contributed by atoms with Gasteiger partial charge in [-0.25, -0.2) is 4.79 Å². The molecule has 13 heavy (non-hydrogen) atoms. The van der Waals surface area contributed by atoms with Gasteiger partial charge in [-0.2, -0.15) is 0 Å².